The van der Waals surface area contributed by atoms with E-state index in [4.69, 9.17) is 0 Å². The van der Waals surface area contributed by atoms with Gasteiger partial charge in [-0.15, -0.1) is 0 Å². The summed E-state index contributed by atoms with van der Waals surface area (Å²) in [4.78, 5) is 0. The lowest BCUT2D eigenvalue weighted by atomic mass is 9.77. The van der Waals surface area contributed by atoms with E-state index in [0.717, 1.165) is 47.3 Å². The molecule has 1 aliphatic rings. The fraction of sp³-hybridized carbons (Fsp3) is 1.00. The molecule has 0 amide bonds. The molecule has 0 heteroatoms. The average Bonchev–Trinajstić information content (AvgIpc) is 3.25. The van der Waals surface area contributed by atoms with Crippen LogP contribution in [0, 0.1) is 47.3 Å². The molecule has 0 nitrogen and oxygen atoms in total. The highest BCUT2D eigenvalue weighted by Gasteiger charge is 2.45. The van der Waals surface area contributed by atoms with Crippen LogP contribution < -0.4 is 0 Å². The molecule has 0 aliphatic heterocycles. The van der Waals surface area contributed by atoms with Crippen molar-refractivity contribution in [3.63, 3.8) is 0 Å². The van der Waals surface area contributed by atoms with Gasteiger partial charge in [-0.05, 0) is 66.6 Å². The zero-order chi connectivity index (χ0) is 19.0. The minimum Gasteiger partial charge on any atom is -0.0654 e. The number of rotatable bonds is 14. The lowest BCUT2D eigenvalue weighted by molar-refractivity contribution is 0.216. The van der Waals surface area contributed by atoms with Gasteiger partial charge in [-0.25, -0.2) is 0 Å². The summed E-state index contributed by atoms with van der Waals surface area (Å²) in [7, 11) is 0. The van der Waals surface area contributed by atoms with Gasteiger partial charge in [0.15, 0.2) is 0 Å². The summed E-state index contributed by atoms with van der Waals surface area (Å²) in [5.74, 6) is 7.68. The van der Waals surface area contributed by atoms with Crippen molar-refractivity contribution < 1.29 is 0 Å². The summed E-state index contributed by atoms with van der Waals surface area (Å²) < 4.78 is 0. The van der Waals surface area contributed by atoms with Crippen LogP contribution >= 0.6 is 0 Å². The monoisotopic (exact) mass is 350 g/mol. The van der Waals surface area contributed by atoms with E-state index in [9.17, 15) is 0 Å². The number of hydrogen-bond acceptors (Lipinski definition) is 0. The molecule has 1 fully saturated rings. The summed E-state index contributed by atoms with van der Waals surface area (Å²) >= 11 is 0. The third-order valence-corrected chi connectivity index (χ3v) is 7.77. The molecule has 1 aliphatic carbocycles. The Morgan fingerprint density at radius 2 is 1.32 bits per heavy atom. The van der Waals surface area contributed by atoms with Crippen LogP contribution in [0.5, 0.6) is 0 Å². The Kier molecular flexibility index (Phi) is 10.7. The van der Waals surface area contributed by atoms with Crippen LogP contribution in [0.15, 0.2) is 0 Å². The molecular weight excluding hydrogens is 300 g/mol. The Balaban J connectivity index is 2.47. The van der Waals surface area contributed by atoms with E-state index < -0.39 is 0 Å². The topological polar surface area (TPSA) is 0 Å². The molecule has 1 rings (SSSR count). The van der Waals surface area contributed by atoms with Gasteiger partial charge in [0.2, 0.25) is 0 Å². The molecular formula is C25H50. The SMILES string of the molecule is CCCC(C)CC(CCCC1C(CC)C1CC)CC(C)C(C)C(C)C. The van der Waals surface area contributed by atoms with Crippen molar-refractivity contribution in [3.05, 3.63) is 0 Å². The molecule has 0 bridgehead atoms. The predicted octanol–water partition coefficient (Wildman–Crippen LogP) is 8.60. The summed E-state index contributed by atoms with van der Waals surface area (Å²) in [6, 6.07) is 0. The second-order valence-corrected chi connectivity index (χ2v) is 10.1. The van der Waals surface area contributed by atoms with Crippen LogP contribution in [0.25, 0.3) is 0 Å². The predicted molar refractivity (Wildman–Crippen MR) is 115 cm³/mol. The maximum atomic E-state index is 2.52. The van der Waals surface area contributed by atoms with Crippen molar-refractivity contribution in [2.24, 2.45) is 47.3 Å². The highest BCUT2D eigenvalue weighted by atomic mass is 14.5. The summed E-state index contributed by atoms with van der Waals surface area (Å²) in [5.41, 5.74) is 0. The Bertz CT molecular complexity index is 321. The number of hydrogen-bond donors (Lipinski definition) is 0. The molecule has 0 aromatic carbocycles. The van der Waals surface area contributed by atoms with Crippen LogP contribution in [0.3, 0.4) is 0 Å². The highest BCUT2D eigenvalue weighted by molar-refractivity contribution is 4.94. The lowest BCUT2D eigenvalue weighted by Crippen LogP contribution is -2.19. The van der Waals surface area contributed by atoms with Crippen molar-refractivity contribution in [1.29, 1.82) is 0 Å². The van der Waals surface area contributed by atoms with Crippen LogP contribution in [-0.2, 0) is 0 Å². The summed E-state index contributed by atoms with van der Waals surface area (Å²) in [6.45, 7) is 19.4. The molecule has 0 heterocycles. The smallest absolute Gasteiger partial charge is 0.0352 e. The van der Waals surface area contributed by atoms with E-state index in [1.54, 1.807) is 0 Å². The summed E-state index contributed by atoms with van der Waals surface area (Å²) in [6.07, 6.45) is 13.0. The molecule has 150 valence electrons. The van der Waals surface area contributed by atoms with Crippen molar-refractivity contribution >= 4 is 0 Å². The highest BCUT2D eigenvalue weighted by Crippen LogP contribution is 2.53. The largest absolute Gasteiger partial charge is 0.0654 e. The van der Waals surface area contributed by atoms with Gasteiger partial charge in [-0.3, -0.25) is 0 Å². The van der Waals surface area contributed by atoms with E-state index in [2.05, 4.69) is 55.4 Å². The standard InChI is InChI=1S/C25H50/c1-9-13-19(6)16-22(17-20(7)21(8)18(4)5)14-12-15-25-23(10-2)24(25)11-3/h18-25H,9-17H2,1-8H3. The minimum absolute atomic E-state index is 0.825. The molecule has 1 saturated carbocycles. The second-order valence-electron chi connectivity index (χ2n) is 10.1. The first-order chi connectivity index (χ1) is 11.8. The first-order valence-electron chi connectivity index (χ1n) is 11.8. The molecule has 0 aromatic rings. The minimum atomic E-state index is 0.825. The first-order valence-corrected chi connectivity index (χ1v) is 11.8. The van der Waals surface area contributed by atoms with Crippen molar-refractivity contribution in [2.45, 2.75) is 113 Å². The Morgan fingerprint density at radius 3 is 1.80 bits per heavy atom. The van der Waals surface area contributed by atoms with Crippen molar-refractivity contribution in [1.82, 2.24) is 0 Å². The van der Waals surface area contributed by atoms with E-state index in [1.165, 1.54) is 57.8 Å². The van der Waals surface area contributed by atoms with E-state index in [-0.39, 0.29) is 0 Å². The molecule has 6 unspecified atom stereocenters. The normalized spacial score (nSPS) is 28.0. The molecule has 6 atom stereocenters. The van der Waals surface area contributed by atoms with E-state index >= 15 is 0 Å². The van der Waals surface area contributed by atoms with Crippen LogP contribution in [0.4, 0.5) is 0 Å². The first kappa shape index (κ1) is 23.0. The van der Waals surface area contributed by atoms with E-state index in [0.29, 0.717) is 0 Å². The molecule has 0 N–H and O–H groups in total. The van der Waals surface area contributed by atoms with Crippen molar-refractivity contribution in [2.75, 3.05) is 0 Å². The van der Waals surface area contributed by atoms with Gasteiger partial charge >= 0.3 is 0 Å². The second kappa shape index (κ2) is 11.7. The lowest BCUT2D eigenvalue weighted by Gasteiger charge is -2.29. The van der Waals surface area contributed by atoms with Gasteiger partial charge in [0.25, 0.3) is 0 Å². The third kappa shape index (κ3) is 7.64. The molecule has 0 aromatic heterocycles. The molecule has 0 radical (unpaired) electrons. The molecule has 0 saturated heterocycles. The third-order valence-electron chi connectivity index (χ3n) is 7.77. The van der Waals surface area contributed by atoms with E-state index in [1.807, 2.05) is 0 Å². The molecule has 0 spiro atoms. The quantitative estimate of drug-likeness (QED) is 0.294. The van der Waals surface area contributed by atoms with Gasteiger partial charge in [-0.1, -0.05) is 93.9 Å². The van der Waals surface area contributed by atoms with Crippen LogP contribution in [0.2, 0.25) is 0 Å². The van der Waals surface area contributed by atoms with Crippen LogP contribution in [0.1, 0.15) is 113 Å². The Labute approximate surface area is 160 Å². The maximum absolute atomic E-state index is 2.52. The van der Waals surface area contributed by atoms with Gasteiger partial charge < -0.3 is 0 Å². The molecule has 25 heavy (non-hydrogen) atoms. The Hall–Kier alpha value is 0. The van der Waals surface area contributed by atoms with Crippen molar-refractivity contribution in [3.8, 4) is 0 Å². The van der Waals surface area contributed by atoms with Gasteiger partial charge in [0.1, 0.15) is 0 Å². The van der Waals surface area contributed by atoms with Crippen LogP contribution in [-0.4, -0.2) is 0 Å². The van der Waals surface area contributed by atoms with Gasteiger partial charge in [0, 0.05) is 0 Å². The summed E-state index contributed by atoms with van der Waals surface area (Å²) in [5, 5.41) is 0. The fourth-order valence-electron chi connectivity index (χ4n) is 5.71. The maximum Gasteiger partial charge on any atom is -0.0352 e. The average molecular weight is 351 g/mol. The zero-order valence-corrected chi connectivity index (χ0v) is 19.0. The Morgan fingerprint density at radius 1 is 0.720 bits per heavy atom. The zero-order valence-electron chi connectivity index (χ0n) is 19.0. The van der Waals surface area contributed by atoms with Gasteiger partial charge in [0.05, 0.1) is 0 Å². The fourth-order valence-corrected chi connectivity index (χ4v) is 5.71. The van der Waals surface area contributed by atoms with Gasteiger partial charge in [-0.2, -0.15) is 0 Å².